The molecule has 0 unspecified atom stereocenters. The second kappa shape index (κ2) is 10.2. The van der Waals surface area contributed by atoms with Crippen molar-refractivity contribution in [1.29, 1.82) is 0 Å². The van der Waals surface area contributed by atoms with Crippen LogP contribution in [-0.4, -0.2) is 39.0 Å². The molecule has 1 aliphatic rings. The summed E-state index contributed by atoms with van der Waals surface area (Å²) < 4.78 is 16.7. The van der Waals surface area contributed by atoms with E-state index >= 15 is 0 Å². The maximum atomic E-state index is 12.8. The van der Waals surface area contributed by atoms with Gasteiger partial charge in [0.05, 0.1) is 18.8 Å². The molecule has 44 heavy (non-hydrogen) atoms. The van der Waals surface area contributed by atoms with Crippen molar-refractivity contribution in [2.45, 2.75) is 77.2 Å². The maximum Gasteiger partial charge on any atom is 0.330 e. The zero-order valence-corrected chi connectivity index (χ0v) is 26.9. The highest BCUT2D eigenvalue weighted by Gasteiger charge is 2.46. The molecule has 9 nitrogen and oxygen atoms in total. The van der Waals surface area contributed by atoms with E-state index in [4.69, 9.17) is 9.16 Å². The largest absolute Gasteiger partial charge is 0.411 e. The zero-order valence-electron chi connectivity index (χ0n) is 25.9. The van der Waals surface area contributed by atoms with Crippen molar-refractivity contribution in [3.05, 3.63) is 105 Å². The average molecular weight is 608 g/mol. The van der Waals surface area contributed by atoms with Gasteiger partial charge in [0, 0.05) is 18.2 Å². The van der Waals surface area contributed by atoms with Crippen molar-refractivity contribution in [3.63, 3.8) is 0 Å². The highest BCUT2D eigenvalue weighted by molar-refractivity contribution is 6.74. The van der Waals surface area contributed by atoms with E-state index < -0.39 is 31.9 Å². The summed E-state index contributed by atoms with van der Waals surface area (Å²) in [5, 5.41) is 16.5. The third kappa shape index (κ3) is 4.77. The van der Waals surface area contributed by atoms with E-state index in [1.165, 1.54) is 36.9 Å². The van der Waals surface area contributed by atoms with Crippen LogP contribution in [0.2, 0.25) is 18.1 Å². The number of hydrogen-bond donors (Lipinski definition) is 1. The topological polar surface area (TPSA) is 104 Å². The lowest BCUT2D eigenvalue weighted by atomic mass is 9.92. The Morgan fingerprint density at radius 3 is 2.39 bits per heavy atom. The van der Waals surface area contributed by atoms with Gasteiger partial charge in [0.15, 0.2) is 8.32 Å². The predicted octanol–water partition coefficient (Wildman–Crippen LogP) is 6.43. The maximum absolute atomic E-state index is 12.8. The van der Waals surface area contributed by atoms with Crippen LogP contribution in [0.3, 0.4) is 0 Å². The molecule has 7 rings (SSSR count). The van der Waals surface area contributed by atoms with E-state index in [2.05, 4.69) is 104 Å². The van der Waals surface area contributed by atoms with Crippen LogP contribution in [0.4, 0.5) is 0 Å². The van der Waals surface area contributed by atoms with Crippen molar-refractivity contribution in [2.24, 2.45) is 0 Å². The monoisotopic (exact) mass is 607 g/mol. The smallest absolute Gasteiger partial charge is 0.330 e. The molecular formula is C34H37N5O4Si. The Morgan fingerprint density at radius 2 is 1.66 bits per heavy atom. The molecule has 1 saturated heterocycles. The van der Waals surface area contributed by atoms with Crippen LogP contribution in [0, 0.1) is 6.92 Å². The van der Waals surface area contributed by atoms with E-state index in [-0.39, 0.29) is 11.1 Å². The van der Waals surface area contributed by atoms with Crippen molar-refractivity contribution >= 4 is 40.6 Å². The van der Waals surface area contributed by atoms with E-state index in [1.807, 2.05) is 10.9 Å². The molecule has 0 saturated carbocycles. The van der Waals surface area contributed by atoms with Gasteiger partial charge in [-0.15, -0.1) is 5.10 Å². The molecule has 4 aromatic carbocycles. The highest BCUT2D eigenvalue weighted by atomic mass is 28.4. The summed E-state index contributed by atoms with van der Waals surface area (Å²) in [7, 11) is -2.21. The number of benzene rings is 4. The van der Waals surface area contributed by atoms with E-state index in [0.717, 1.165) is 5.56 Å². The van der Waals surface area contributed by atoms with Gasteiger partial charge in [0.1, 0.15) is 18.0 Å². The number of hydrogen-bond acceptors (Lipinski definition) is 6. The van der Waals surface area contributed by atoms with Crippen LogP contribution in [0.1, 0.15) is 56.3 Å². The fraction of sp³-hybridized carbons (Fsp3) is 0.353. The lowest BCUT2D eigenvalue weighted by molar-refractivity contribution is -0.0222. The SMILES string of the molecule is Cc1cn([C@H]2C[C@@H](O[Si](C)(C)C(C)(C)C)[C@@H](c3cn(Cc4ccc5ccc6cccc7ccc4c5c67)nn3)O2)c(=O)[nH]c1=O. The molecule has 6 aromatic rings. The number of aryl methyl sites for hydroxylation is 1. The average Bonchev–Trinajstić information content (AvgIpc) is 3.60. The first-order valence-electron chi connectivity index (χ1n) is 15.1. The molecule has 226 valence electrons. The van der Waals surface area contributed by atoms with Crippen LogP contribution < -0.4 is 11.2 Å². The molecule has 0 bridgehead atoms. The summed E-state index contributed by atoms with van der Waals surface area (Å²) in [6.07, 6.45) is 2.46. The minimum Gasteiger partial charge on any atom is -0.411 e. The molecule has 0 spiro atoms. The third-order valence-corrected chi connectivity index (χ3v) is 14.1. The van der Waals surface area contributed by atoms with Gasteiger partial charge in [0.25, 0.3) is 5.56 Å². The first kappa shape index (κ1) is 28.6. The second-order valence-electron chi connectivity index (χ2n) is 13.6. The van der Waals surface area contributed by atoms with Crippen molar-refractivity contribution < 1.29 is 9.16 Å². The minimum atomic E-state index is -2.21. The van der Waals surface area contributed by atoms with Gasteiger partial charge in [-0.3, -0.25) is 14.3 Å². The molecule has 10 heteroatoms. The molecule has 1 aliphatic heterocycles. The Balaban J connectivity index is 1.23. The van der Waals surface area contributed by atoms with Gasteiger partial charge in [-0.1, -0.05) is 80.6 Å². The number of aromatic amines is 1. The van der Waals surface area contributed by atoms with Gasteiger partial charge < -0.3 is 9.16 Å². The molecular weight excluding hydrogens is 570 g/mol. The standard InChI is InChI=1S/C34H37N5O4Si/c1-20-17-39(33(41)35-32(20)40)28-16-27(43-44(5,6)34(2,3)4)31(42-28)26-19-38(37-36-26)18-24-13-12-23-11-10-21-8-7-9-22-14-15-25(24)30(23)29(21)22/h7-15,17,19,27-28,31H,16,18H2,1-6H3,(H,35,40,41)/t27-,28-,31-/m1/s1. The lowest BCUT2D eigenvalue weighted by Gasteiger charge is -2.39. The van der Waals surface area contributed by atoms with Gasteiger partial charge >= 0.3 is 5.69 Å². The lowest BCUT2D eigenvalue weighted by Crippen LogP contribution is -2.44. The number of ether oxygens (including phenoxy) is 1. The molecule has 1 fully saturated rings. The Hall–Kier alpha value is -4.12. The van der Waals surface area contributed by atoms with Crippen LogP contribution in [0.5, 0.6) is 0 Å². The second-order valence-corrected chi connectivity index (χ2v) is 18.3. The van der Waals surface area contributed by atoms with Gasteiger partial charge in [-0.2, -0.15) is 0 Å². The number of H-pyrrole nitrogens is 1. The van der Waals surface area contributed by atoms with Crippen LogP contribution in [-0.2, 0) is 15.7 Å². The Bertz CT molecular complexity index is 2120. The summed E-state index contributed by atoms with van der Waals surface area (Å²) in [4.78, 5) is 27.2. The fourth-order valence-electron chi connectivity index (χ4n) is 6.17. The molecule has 0 amide bonds. The van der Waals surface area contributed by atoms with Gasteiger partial charge in [0.2, 0.25) is 0 Å². The van der Waals surface area contributed by atoms with Crippen LogP contribution in [0.25, 0.3) is 32.3 Å². The first-order chi connectivity index (χ1) is 20.9. The van der Waals surface area contributed by atoms with Gasteiger partial charge in [-0.05, 0) is 62.9 Å². The fourth-order valence-corrected chi connectivity index (χ4v) is 7.50. The number of nitrogens with zero attached hydrogens (tertiary/aromatic N) is 4. The number of nitrogens with one attached hydrogen (secondary N) is 1. The summed E-state index contributed by atoms with van der Waals surface area (Å²) in [6.45, 7) is 13.2. The summed E-state index contributed by atoms with van der Waals surface area (Å²) in [5.74, 6) is 0. The predicted molar refractivity (Wildman–Crippen MR) is 175 cm³/mol. The third-order valence-electron chi connectivity index (χ3n) is 9.58. The molecule has 3 heterocycles. The Morgan fingerprint density at radius 1 is 0.977 bits per heavy atom. The quantitative estimate of drug-likeness (QED) is 0.173. The van der Waals surface area contributed by atoms with E-state index in [1.54, 1.807) is 13.1 Å². The van der Waals surface area contributed by atoms with Crippen molar-refractivity contribution in [1.82, 2.24) is 24.5 Å². The molecule has 0 radical (unpaired) electrons. The van der Waals surface area contributed by atoms with Crippen LogP contribution >= 0.6 is 0 Å². The summed E-state index contributed by atoms with van der Waals surface area (Å²) in [5.41, 5.74) is 1.35. The molecule has 2 aromatic heterocycles. The van der Waals surface area contributed by atoms with E-state index in [0.29, 0.717) is 24.2 Å². The Kier molecular flexibility index (Phi) is 6.65. The van der Waals surface area contributed by atoms with Gasteiger partial charge in [-0.25, -0.2) is 9.48 Å². The highest BCUT2D eigenvalue weighted by Crippen LogP contribution is 2.45. The van der Waals surface area contributed by atoms with Crippen molar-refractivity contribution in [2.75, 3.05) is 0 Å². The zero-order chi connectivity index (χ0) is 31.0. The summed E-state index contributed by atoms with van der Waals surface area (Å²) >= 11 is 0. The Labute approximate surface area is 255 Å². The molecule has 0 aliphatic carbocycles. The first-order valence-corrected chi connectivity index (χ1v) is 18.0. The van der Waals surface area contributed by atoms with Crippen LogP contribution in [0.15, 0.2) is 76.6 Å². The minimum absolute atomic E-state index is 0.0202. The molecule has 3 atom stereocenters. The van der Waals surface area contributed by atoms with E-state index in [9.17, 15) is 9.59 Å². The summed E-state index contributed by atoms with van der Waals surface area (Å²) in [6, 6.07) is 19.5. The number of aromatic nitrogens is 5. The molecule has 1 N–H and O–H groups in total. The normalized spacial score (nSPS) is 19.5. The van der Waals surface area contributed by atoms with Crippen molar-refractivity contribution in [3.8, 4) is 0 Å². The number of rotatable bonds is 6.